The Hall–Kier alpha value is -2.68. The summed E-state index contributed by atoms with van der Waals surface area (Å²) in [6.45, 7) is 4.30. The fourth-order valence-corrected chi connectivity index (χ4v) is 1.76. The van der Waals surface area contributed by atoms with Crippen LogP contribution in [0.3, 0.4) is 0 Å². The number of hydrogen-bond donors (Lipinski definition) is 2. The second-order valence-electron chi connectivity index (χ2n) is 5.04. The zero-order valence-corrected chi connectivity index (χ0v) is 14.7. The van der Waals surface area contributed by atoms with E-state index in [9.17, 15) is 23.5 Å². The smallest absolute Gasteiger partial charge is 0.347 e. The third-order valence-corrected chi connectivity index (χ3v) is 2.88. The Morgan fingerprint density at radius 2 is 1.77 bits per heavy atom. The number of rotatable bonds is 9. The number of carbonyl (C=O) groups is 2. The second-order valence-corrected chi connectivity index (χ2v) is 5.04. The van der Waals surface area contributed by atoms with E-state index in [1.165, 1.54) is 6.92 Å². The quantitative estimate of drug-likeness (QED) is 0.296. The summed E-state index contributed by atoms with van der Waals surface area (Å²) in [7, 11) is 0. The number of carbonyl (C=O) groups excluding carboxylic acids is 2. The van der Waals surface area contributed by atoms with Crippen molar-refractivity contribution in [3.05, 3.63) is 35.5 Å². The average molecular weight is 373 g/mol. The Bertz CT molecular complexity index is 655. The van der Waals surface area contributed by atoms with E-state index in [4.69, 9.17) is 14.2 Å². The van der Waals surface area contributed by atoms with E-state index in [1.807, 2.05) is 0 Å². The van der Waals surface area contributed by atoms with Crippen molar-refractivity contribution >= 4 is 17.6 Å². The molecule has 144 valence electrons. The maximum Gasteiger partial charge on any atom is 0.347 e. The van der Waals surface area contributed by atoms with Crippen molar-refractivity contribution in [1.82, 2.24) is 0 Å². The molecule has 2 N–H and O–H groups in total. The summed E-state index contributed by atoms with van der Waals surface area (Å²) in [5, 5.41) is 11.8. The van der Waals surface area contributed by atoms with Crippen LogP contribution in [0.4, 0.5) is 14.5 Å². The average Bonchev–Trinajstić information content (AvgIpc) is 2.57. The van der Waals surface area contributed by atoms with Gasteiger partial charge in [-0.2, -0.15) is 4.39 Å². The summed E-state index contributed by atoms with van der Waals surface area (Å²) in [6, 6.07) is 2.00. The van der Waals surface area contributed by atoms with Crippen LogP contribution in [-0.2, 0) is 19.1 Å². The first kappa shape index (κ1) is 21.4. The minimum atomic E-state index is -1.28. The van der Waals surface area contributed by atoms with Gasteiger partial charge >= 0.3 is 11.9 Å². The van der Waals surface area contributed by atoms with Gasteiger partial charge in [-0.25, -0.2) is 14.0 Å². The Kier molecular flexibility index (Phi) is 8.50. The molecule has 0 amide bonds. The predicted molar refractivity (Wildman–Crippen MR) is 88.5 cm³/mol. The van der Waals surface area contributed by atoms with E-state index in [-0.39, 0.29) is 25.5 Å². The summed E-state index contributed by atoms with van der Waals surface area (Å²) in [5.74, 6) is -4.82. The van der Waals surface area contributed by atoms with Crippen molar-refractivity contribution in [2.75, 3.05) is 25.1 Å². The minimum Gasteiger partial charge on any atom is -0.486 e. The molecule has 0 bridgehead atoms. The molecule has 0 aliphatic heterocycles. The van der Waals surface area contributed by atoms with E-state index < -0.39 is 41.0 Å². The molecule has 0 saturated heterocycles. The Morgan fingerprint density at radius 3 is 2.27 bits per heavy atom. The summed E-state index contributed by atoms with van der Waals surface area (Å²) >= 11 is 0. The van der Waals surface area contributed by atoms with Crippen molar-refractivity contribution in [2.45, 2.75) is 26.9 Å². The van der Waals surface area contributed by atoms with E-state index in [0.29, 0.717) is 0 Å². The maximum atomic E-state index is 14.0. The number of esters is 2. The normalized spacial score (nSPS) is 11.3. The van der Waals surface area contributed by atoms with Crippen molar-refractivity contribution < 1.29 is 37.7 Å². The van der Waals surface area contributed by atoms with Crippen molar-refractivity contribution in [1.29, 1.82) is 0 Å². The van der Waals surface area contributed by atoms with Crippen LogP contribution in [0.2, 0.25) is 0 Å². The largest absolute Gasteiger partial charge is 0.486 e. The minimum absolute atomic E-state index is 0.0313. The molecule has 7 nitrogen and oxygen atoms in total. The molecule has 0 saturated carbocycles. The third kappa shape index (κ3) is 5.99. The van der Waals surface area contributed by atoms with Crippen LogP contribution in [0, 0.1) is 11.6 Å². The van der Waals surface area contributed by atoms with Gasteiger partial charge in [-0.15, -0.1) is 0 Å². The highest BCUT2D eigenvalue weighted by Crippen LogP contribution is 2.30. The first-order valence-electron chi connectivity index (χ1n) is 7.91. The molecule has 9 heteroatoms. The predicted octanol–water partition coefficient (Wildman–Crippen LogP) is 2.15. The van der Waals surface area contributed by atoms with Gasteiger partial charge < -0.3 is 24.6 Å². The van der Waals surface area contributed by atoms with Crippen LogP contribution in [0.5, 0.6) is 5.75 Å². The van der Waals surface area contributed by atoms with Crippen LogP contribution in [-0.4, -0.2) is 43.0 Å². The summed E-state index contributed by atoms with van der Waals surface area (Å²) in [4.78, 5) is 23.7. The first-order valence-corrected chi connectivity index (χ1v) is 7.91. The lowest BCUT2D eigenvalue weighted by Crippen LogP contribution is -2.20. The Labute approximate surface area is 149 Å². The summed E-state index contributed by atoms with van der Waals surface area (Å²) in [5.41, 5.74) is -0.518. The molecule has 1 rings (SSSR count). The molecule has 1 atom stereocenters. The lowest BCUT2D eigenvalue weighted by Gasteiger charge is -2.14. The highest BCUT2D eigenvalue weighted by atomic mass is 19.2. The van der Waals surface area contributed by atoms with Gasteiger partial charge in [0.05, 0.1) is 25.0 Å². The number of aliphatic hydroxyl groups excluding tert-OH is 1. The number of hydrogen-bond acceptors (Lipinski definition) is 7. The molecular formula is C17H21F2NO6. The highest BCUT2D eigenvalue weighted by Gasteiger charge is 2.22. The zero-order chi connectivity index (χ0) is 19.7. The van der Waals surface area contributed by atoms with E-state index in [1.54, 1.807) is 13.8 Å². The van der Waals surface area contributed by atoms with E-state index in [2.05, 4.69) is 5.32 Å². The van der Waals surface area contributed by atoms with Crippen LogP contribution < -0.4 is 10.1 Å². The molecule has 1 aromatic carbocycles. The van der Waals surface area contributed by atoms with E-state index in [0.717, 1.165) is 18.3 Å². The lowest BCUT2D eigenvalue weighted by molar-refractivity contribution is -0.146. The zero-order valence-electron chi connectivity index (χ0n) is 14.7. The third-order valence-electron chi connectivity index (χ3n) is 2.88. The van der Waals surface area contributed by atoms with Crippen molar-refractivity contribution in [3.63, 3.8) is 0 Å². The van der Waals surface area contributed by atoms with Gasteiger partial charge in [0.25, 0.3) is 0 Å². The highest BCUT2D eigenvalue weighted by molar-refractivity contribution is 6.14. The van der Waals surface area contributed by atoms with E-state index >= 15 is 0 Å². The number of nitrogens with one attached hydrogen (secondary N) is 1. The molecule has 0 fully saturated rings. The van der Waals surface area contributed by atoms with Gasteiger partial charge in [-0.1, -0.05) is 0 Å². The molecular weight excluding hydrogens is 352 g/mol. The molecule has 0 aliphatic rings. The second kappa shape index (κ2) is 10.3. The van der Waals surface area contributed by atoms with Gasteiger partial charge in [0.15, 0.2) is 17.1 Å². The summed E-state index contributed by atoms with van der Waals surface area (Å²) in [6.07, 6.45) is 0.0356. The van der Waals surface area contributed by atoms with Crippen LogP contribution in [0.1, 0.15) is 20.8 Å². The number of halogens is 2. The van der Waals surface area contributed by atoms with Gasteiger partial charge in [0.1, 0.15) is 6.61 Å². The van der Waals surface area contributed by atoms with Gasteiger partial charge in [0.2, 0.25) is 5.82 Å². The number of benzene rings is 1. The van der Waals surface area contributed by atoms with Gasteiger partial charge in [0, 0.05) is 6.20 Å². The molecule has 0 radical (unpaired) electrons. The van der Waals surface area contributed by atoms with Crippen LogP contribution >= 0.6 is 0 Å². The number of aliphatic hydroxyl groups is 1. The van der Waals surface area contributed by atoms with Crippen molar-refractivity contribution in [2.24, 2.45) is 0 Å². The fourth-order valence-electron chi connectivity index (χ4n) is 1.76. The molecule has 0 aliphatic carbocycles. The van der Waals surface area contributed by atoms with Crippen LogP contribution in [0.15, 0.2) is 23.9 Å². The molecule has 0 unspecified atom stereocenters. The summed E-state index contributed by atoms with van der Waals surface area (Å²) < 4.78 is 42.0. The fraction of sp³-hybridized carbons (Fsp3) is 0.412. The Balaban J connectivity index is 3.16. The van der Waals surface area contributed by atoms with Gasteiger partial charge in [-0.05, 0) is 32.9 Å². The molecule has 0 spiro atoms. The van der Waals surface area contributed by atoms with Crippen molar-refractivity contribution in [3.8, 4) is 5.75 Å². The lowest BCUT2D eigenvalue weighted by atomic mass is 10.2. The molecule has 0 aromatic heterocycles. The SMILES string of the molecule is CCOC(=O)C(=CNc1ccc(F)c(F)c1OC[C@@H](C)O)C(=O)OCC. The maximum absolute atomic E-state index is 14.0. The topological polar surface area (TPSA) is 94.1 Å². The molecule has 0 heterocycles. The standard InChI is InChI=1S/C17H21F2NO6/c1-4-24-16(22)11(17(23)25-5-2)8-20-13-7-6-12(18)14(19)15(13)26-9-10(3)21/h6-8,10,20-21H,4-5,9H2,1-3H3/t10-/m1/s1. The molecule has 1 aromatic rings. The Morgan fingerprint density at radius 1 is 1.19 bits per heavy atom. The number of ether oxygens (including phenoxy) is 3. The number of anilines is 1. The first-order chi connectivity index (χ1) is 12.3. The van der Waals surface area contributed by atoms with Crippen LogP contribution in [0.25, 0.3) is 0 Å². The van der Waals surface area contributed by atoms with Gasteiger partial charge in [-0.3, -0.25) is 0 Å². The monoisotopic (exact) mass is 373 g/mol. The molecule has 26 heavy (non-hydrogen) atoms.